The molecule has 1 unspecified atom stereocenters. The van der Waals surface area contributed by atoms with Crippen LogP contribution in [-0.2, 0) is 9.59 Å². The maximum atomic E-state index is 12.1. The standard InChI is InChI=1S/C12H14BrN3O3/c1-6-2-7(8(3-6)12(18)19)11(17)16-10-5-14-9(13)4-15-10/h4-8H,2-3H2,1H3,(H,18,19)(H,15,16,17)/t6?,7-,8+/m0/s1. The number of halogens is 1. The summed E-state index contributed by atoms with van der Waals surface area (Å²) in [5.74, 6) is -1.75. The molecule has 0 saturated heterocycles. The van der Waals surface area contributed by atoms with Crippen LogP contribution < -0.4 is 5.32 Å². The quantitative estimate of drug-likeness (QED) is 0.884. The Labute approximate surface area is 118 Å². The Morgan fingerprint density at radius 3 is 2.58 bits per heavy atom. The second kappa shape index (κ2) is 5.64. The lowest BCUT2D eigenvalue weighted by Gasteiger charge is -2.14. The molecule has 1 aromatic heterocycles. The first-order valence-corrected chi connectivity index (χ1v) is 6.78. The maximum absolute atomic E-state index is 12.1. The van der Waals surface area contributed by atoms with Crippen LogP contribution in [0.5, 0.6) is 0 Å². The molecule has 1 aliphatic carbocycles. The van der Waals surface area contributed by atoms with Gasteiger partial charge in [0, 0.05) is 0 Å². The van der Waals surface area contributed by atoms with Crippen molar-refractivity contribution in [1.82, 2.24) is 9.97 Å². The van der Waals surface area contributed by atoms with Gasteiger partial charge in [-0.3, -0.25) is 9.59 Å². The van der Waals surface area contributed by atoms with Crippen molar-refractivity contribution < 1.29 is 14.7 Å². The number of hydrogen-bond donors (Lipinski definition) is 2. The van der Waals surface area contributed by atoms with Crippen molar-refractivity contribution in [3.8, 4) is 0 Å². The van der Waals surface area contributed by atoms with Gasteiger partial charge in [-0.15, -0.1) is 0 Å². The zero-order valence-corrected chi connectivity index (χ0v) is 11.9. The van der Waals surface area contributed by atoms with Gasteiger partial charge in [0.25, 0.3) is 0 Å². The molecule has 0 aromatic carbocycles. The van der Waals surface area contributed by atoms with E-state index >= 15 is 0 Å². The first-order chi connectivity index (χ1) is 8.97. The van der Waals surface area contributed by atoms with Gasteiger partial charge in [0.2, 0.25) is 5.91 Å². The van der Waals surface area contributed by atoms with Gasteiger partial charge in [0.05, 0.1) is 24.2 Å². The molecule has 1 fully saturated rings. The smallest absolute Gasteiger partial charge is 0.307 e. The second-order valence-corrected chi connectivity index (χ2v) is 5.65. The lowest BCUT2D eigenvalue weighted by Crippen LogP contribution is -2.30. The van der Waals surface area contributed by atoms with Crippen LogP contribution in [0, 0.1) is 17.8 Å². The van der Waals surface area contributed by atoms with Crippen molar-refractivity contribution >= 4 is 33.6 Å². The number of nitrogens with zero attached hydrogens (tertiary/aromatic N) is 2. The van der Waals surface area contributed by atoms with E-state index in [1.807, 2.05) is 6.92 Å². The minimum absolute atomic E-state index is 0.243. The first-order valence-electron chi connectivity index (χ1n) is 5.98. The van der Waals surface area contributed by atoms with Crippen molar-refractivity contribution in [3.63, 3.8) is 0 Å². The third-order valence-corrected chi connectivity index (χ3v) is 3.73. The predicted molar refractivity (Wildman–Crippen MR) is 71.4 cm³/mol. The molecular formula is C12H14BrN3O3. The number of carboxylic acids is 1. The molecule has 0 bridgehead atoms. The molecule has 102 valence electrons. The molecular weight excluding hydrogens is 314 g/mol. The van der Waals surface area contributed by atoms with Crippen molar-refractivity contribution in [1.29, 1.82) is 0 Å². The minimum Gasteiger partial charge on any atom is -0.481 e. The molecule has 6 nitrogen and oxygen atoms in total. The first kappa shape index (κ1) is 13.9. The van der Waals surface area contributed by atoms with Gasteiger partial charge in [-0.05, 0) is 34.7 Å². The van der Waals surface area contributed by atoms with Gasteiger partial charge in [0.1, 0.15) is 4.60 Å². The third kappa shape index (κ3) is 3.28. The highest BCUT2D eigenvalue weighted by Crippen LogP contribution is 2.36. The lowest BCUT2D eigenvalue weighted by molar-refractivity contribution is -0.145. The SMILES string of the molecule is CC1C[C@H](C(=O)Nc2cnc(Br)cn2)[C@H](C(=O)O)C1. The van der Waals surface area contributed by atoms with E-state index in [0.717, 1.165) is 0 Å². The number of carbonyl (C=O) groups is 2. The molecule has 1 aromatic rings. The Hall–Kier alpha value is -1.50. The summed E-state index contributed by atoms with van der Waals surface area (Å²) in [6, 6.07) is 0. The average Bonchev–Trinajstić information content (AvgIpc) is 2.74. The van der Waals surface area contributed by atoms with Crippen LogP contribution in [-0.4, -0.2) is 27.0 Å². The molecule has 1 heterocycles. The van der Waals surface area contributed by atoms with Gasteiger partial charge in [-0.1, -0.05) is 6.92 Å². The van der Waals surface area contributed by atoms with Crippen LogP contribution in [0.1, 0.15) is 19.8 Å². The zero-order chi connectivity index (χ0) is 14.0. The van der Waals surface area contributed by atoms with Gasteiger partial charge < -0.3 is 10.4 Å². The zero-order valence-electron chi connectivity index (χ0n) is 10.3. The van der Waals surface area contributed by atoms with E-state index in [2.05, 4.69) is 31.2 Å². The summed E-state index contributed by atoms with van der Waals surface area (Å²) in [5, 5.41) is 11.8. The molecule has 2 rings (SSSR count). The Morgan fingerprint density at radius 1 is 1.32 bits per heavy atom. The number of nitrogens with one attached hydrogen (secondary N) is 1. The fourth-order valence-corrected chi connectivity index (χ4v) is 2.65. The number of hydrogen-bond acceptors (Lipinski definition) is 4. The molecule has 0 spiro atoms. The summed E-state index contributed by atoms with van der Waals surface area (Å²) in [5.41, 5.74) is 0. The topological polar surface area (TPSA) is 92.2 Å². The summed E-state index contributed by atoms with van der Waals surface area (Å²) in [6.45, 7) is 1.96. The largest absolute Gasteiger partial charge is 0.481 e. The van der Waals surface area contributed by atoms with Crippen LogP contribution in [0.2, 0.25) is 0 Å². The Bertz CT molecular complexity index is 491. The Balaban J connectivity index is 2.06. The summed E-state index contributed by atoms with van der Waals surface area (Å²) in [6.07, 6.45) is 4.03. The summed E-state index contributed by atoms with van der Waals surface area (Å²) in [4.78, 5) is 31.2. The predicted octanol–water partition coefficient (Wildman–Crippen LogP) is 1.92. The summed E-state index contributed by atoms with van der Waals surface area (Å²) < 4.78 is 0.573. The molecule has 0 radical (unpaired) electrons. The van der Waals surface area contributed by atoms with Gasteiger partial charge >= 0.3 is 5.97 Å². The summed E-state index contributed by atoms with van der Waals surface area (Å²) in [7, 11) is 0. The van der Waals surface area contributed by atoms with Crippen LogP contribution in [0.3, 0.4) is 0 Å². The van der Waals surface area contributed by atoms with E-state index in [4.69, 9.17) is 5.11 Å². The summed E-state index contributed by atoms with van der Waals surface area (Å²) >= 11 is 3.15. The maximum Gasteiger partial charge on any atom is 0.307 e. The molecule has 7 heteroatoms. The molecule has 19 heavy (non-hydrogen) atoms. The molecule has 2 N–H and O–H groups in total. The van der Waals surface area contributed by atoms with Crippen LogP contribution >= 0.6 is 15.9 Å². The van der Waals surface area contributed by atoms with E-state index in [-0.39, 0.29) is 11.8 Å². The van der Waals surface area contributed by atoms with E-state index in [1.54, 1.807) is 0 Å². The van der Waals surface area contributed by atoms with Gasteiger partial charge in [-0.25, -0.2) is 9.97 Å². The fourth-order valence-electron chi connectivity index (χ4n) is 2.45. The molecule has 0 aliphatic heterocycles. The number of aromatic nitrogens is 2. The highest BCUT2D eigenvalue weighted by Gasteiger charge is 2.41. The highest BCUT2D eigenvalue weighted by atomic mass is 79.9. The van der Waals surface area contributed by atoms with Crippen molar-refractivity contribution in [2.24, 2.45) is 17.8 Å². The average molecular weight is 328 g/mol. The van der Waals surface area contributed by atoms with Crippen molar-refractivity contribution in [3.05, 3.63) is 17.0 Å². The number of anilines is 1. The normalized spacial score (nSPS) is 26.1. The van der Waals surface area contributed by atoms with Crippen LogP contribution in [0.4, 0.5) is 5.82 Å². The number of carboxylic acid groups (broad SMARTS) is 1. The van der Waals surface area contributed by atoms with Gasteiger partial charge in [0.15, 0.2) is 5.82 Å². The van der Waals surface area contributed by atoms with Crippen molar-refractivity contribution in [2.45, 2.75) is 19.8 Å². The highest BCUT2D eigenvalue weighted by molar-refractivity contribution is 9.10. The van der Waals surface area contributed by atoms with Crippen LogP contribution in [0.15, 0.2) is 17.0 Å². The number of carbonyl (C=O) groups excluding carboxylic acids is 1. The Morgan fingerprint density at radius 2 is 2.00 bits per heavy atom. The number of rotatable bonds is 3. The number of amides is 1. The van der Waals surface area contributed by atoms with E-state index in [1.165, 1.54) is 12.4 Å². The second-order valence-electron chi connectivity index (χ2n) is 4.84. The molecule has 1 amide bonds. The monoisotopic (exact) mass is 327 g/mol. The number of aliphatic carboxylic acids is 1. The van der Waals surface area contributed by atoms with Crippen LogP contribution in [0.25, 0.3) is 0 Å². The lowest BCUT2D eigenvalue weighted by atomic mass is 9.95. The van der Waals surface area contributed by atoms with E-state index < -0.39 is 17.8 Å². The van der Waals surface area contributed by atoms with E-state index in [0.29, 0.717) is 23.3 Å². The fraction of sp³-hybridized carbons (Fsp3) is 0.500. The minimum atomic E-state index is -0.911. The molecule has 1 saturated carbocycles. The van der Waals surface area contributed by atoms with E-state index in [9.17, 15) is 9.59 Å². The molecule has 3 atom stereocenters. The molecule has 1 aliphatic rings. The Kier molecular flexibility index (Phi) is 4.14. The van der Waals surface area contributed by atoms with Gasteiger partial charge in [-0.2, -0.15) is 0 Å². The van der Waals surface area contributed by atoms with Crippen molar-refractivity contribution in [2.75, 3.05) is 5.32 Å². The third-order valence-electron chi connectivity index (χ3n) is 3.32.